The highest BCUT2D eigenvalue weighted by Gasteiger charge is 2.23. The largest absolute Gasteiger partial charge is 0.462 e. The van der Waals surface area contributed by atoms with E-state index in [9.17, 15) is 4.79 Å². The lowest BCUT2D eigenvalue weighted by molar-refractivity contribution is 0.0527. The molecule has 1 saturated heterocycles. The first-order valence-electron chi connectivity index (χ1n) is 7.34. The molecule has 2 rings (SSSR count). The molecule has 0 saturated carbocycles. The van der Waals surface area contributed by atoms with Crippen LogP contribution in [0, 0.1) is 0 Å². The van der Waals surface area contributed by atoms with Crippen LogP contribution in [0.5, 0.6) is 0 Å². The molecule has 1 aliphatic heterocycles. The standard InChI is InChI=1S/C16H24N2O2/c1-4-20-16(19)14-7-5-6-8-15(14)17-13-9-10-18(3)12(2)11-13/h5-8,12-13,17H,4,9-11H2,1-3H3. The molecule has 1 fully saturated rings. The summed E-state index contributed by atoms with van der Waals surface area (Å²) in [6.45, 7) is 5.55. The number of hydrogen-bond donors (Lipinski definition) is 1. The zero-order chi connectivity index (χ0) is 14.5. The molecule has 110 valence electrons. The van der Waals surface area contributed by atoms with Crippen molar-refractivity contribution in [3.05, 3.63) is 29.8 Å². The molecule has 0 radical (unpaired) electrons. The number of esters is 1. The minimum absolute atomic E-state index is 0.253. The Morgan fingerprint density at radius 3 is 2.90 bits per heavy atom. The van der Waals surface area contributed by atoms with Gasteiger partial charge in [-0.05, 0) is 45.9 Å². The summed E-state index contributed by atoms with van der Waals surface area (Å²) >= 11 is 0. The highest BCUT2D eigenvalue weighted by molar-refractivity contribution is 5.95. The van der Waals surface area contributed by atoms with Gasteiger partial charge in [0.05, 0.1) is 12.2 Å². The number of ether oxygens (including phenoxy) is 1. The molecular formula is C16H24N2O2. The van der Waals surface area contributed by atoms with Gasteiger partial charge in [0.25, 0.3) is 0 Å². The van der Waals surface area contributed by atoms with Crippen LogP contribution in [0.1, 0.15) is 37.0 Å². The lowest BCUT2D eigenvalue weighted by atomic mass is 9.98. The maximum atomic E-state index is 12.0. The Morgan fingerprint density at radius 2 is 2.20 bits per heavy atom. The van der Waals surface area contributed by atoms with Crippen LogP contribution in [0.3, 0.4) is 0 Å². The van der Waals surface area contributed by atoms with E-state index in [4.69, 9.17) is 4.74 Å². The predicted octanol–water partition coefficient (Wildman–Crippen LogP) is 2.76. The first kappa shape index (κ1) is 14.9. The summed E-state index contributed by atoms with van der Waals surface area (Å²) in [5, 5.41) is 3.51. The fraction of sp³-hybridized carbons (Fsp3) is 0.562. The van der Waals surface area contributed by atoms with Gasteiger partial charge in [-0.25, -0.2) is 4.79 Å². The molecule has 2 atom stereocenters. The monoisotopic (exact) mass is 276 g/mol. The second-order valence-electron chi connectivity index (χ2n) is 5.46. The molecule has 1 heterocycles. The number of nitrogens with one attached hydrogen (secondary N) is 1. The van der Waals surface area contributed by atoms with Crippen LogP contribution in [0.25, 0.3) is 0 Å². The quantitative estimate of drug-likeness (QED) is 0.859. The van der Waals surface area contributed by atoms with Crippen LogP contribution in [0.4, 0.5) is 5.69 Å². The van der Waals surface area contributed by atoms with Crippen molar-refractivity contribution < 1.29 is 9.53 Å². The fourth-order valence-electron chi connectivity index (χ4n) is 2.64. The highest BCUT2D eigenvalue weighted by atomic mass is 16.5. The van der Waals surface area contributed by atoms with Crippen LogP contribution in [-0.2, 0) is 4.74 Å². The number of carbonyl (C=O) groups is 1. The molecular weight excluding hydrogens is 252 g/mol. The van der Waals surface area contributed by atoms with E-state index < -0.39 is 0 Å². The Hall–Kier alpha value is -1.55. The van der Waals surface area contributed by atoms with Crippen LogP contribution in [0.15, 0.2) is 24.3 Å². The summed E-state index contributed by atoms with van der Waals surface area (Å²) in [6.07, 6.45) is 2.19. The average Bonchev–Trinajstić information content (AvgIpc) is 2.44. The van der Waals surface area contributed by atoms with Crippen molar-refractivity contribution in [1.82, 2.24) is 4.90 Å². The van der Waals surface area contributed by atoms with E-state index in [2.05, 4.69) is 24.2 Å². The molecule has 1 aromatic carbocycles. The van der Waals surface area contributed by atoms with Crippen LogP contribution >= 0.6 is 0 Å². The summed E-state index contributed by atoms with van der Waals surface area (Å²) in [4.78, 5) is 14.3. The van der Waals surface area contributed by atoms with Crippen molar-refractivity contribution in [3.63, 3.8) is 0 Å². The molecule has 1 aliphatic rings. The second kappa shape index (κ2) is 6.75. The van der Waals surface area contributed by atoms with Gasteiger partial charge in [-0.2, -0.15) is 0 Å². The van der Waals surface area contributed by atoms with Crippen LogP contribution in [-0.4, -0.2) is 43.2 Å². The molecule has 20 heavy (non-hydrogen) atoms. The topological polar surface area (TPSA) is 41.6 Å². The van der Waals surface area contributed by atoms with Crippen LogP contribution < -0.4 is 5.32 Å². The van der Waals surface area contributed by atoms with Gasteiger partial charge in [-0.3, -0.25) is 0 Å². The maximum absolute atomic E-state index is 12.0. The molecule has 4 nitrogen and oxygen atoms in total. The third-order valence-electron chi connectivity index (χ3n) is 3.99. The number of benzene rings is 1. The maximum Gasteiger partial charge on any atom is 0.340 e. The summed E-state index contributed by atoms with van der Waals surface area (Å²) in [7, 11) is 2.16. The van der Waals surface area contributed by atoms with Gasteiger partial charge in [0.2, 0.25) is 0 Å². The molecule has 1 N–H and O–H groups in total. The Bertz CT molecular complexity index is 462. The summed E-state index contributed by atoms with van der Waals surface area (Å²) in [5.41, 5.74) is 1.51. The number of nitrogens with zero attached hydrogens (tertiary/aromatic N) is 1. The van der Waals surface area contributed by atoms with E-state index in [0.717, 1.165) is 25.1 Å². The molecule has 4 heteroatoms. The third-order valence-corrected chi connectivity index (χ3v) is 3.99. The molecule has 0 amide bonds. The summed E-state index contributed by atoms with van der Waals surface area (Å²) < 4.78 is 5.11. The number of piperidine rings is 1. The summed E-state index contributed by atoms with van der Waals surface area (Å²) in [6, 6.07) is 8.57. The SMILES string of the molecule is CCOC(=O)c1ccccc1NC1CCN(C)C(C)C1. The van der Waals surface area contributed by atoms with Gasteiger partial charge in [0, 0.05) is 24.3 Å². The Labute approximate surface area is 121 Å². The number of carbonyl (C=O) groups excluding carboxylic acids is 1. The molecule has 2 unspecified atom stereocenters. The van der Waals surface area contributed by atoms with E-state index in [1.54, 1.807) is 0 Å². The zero-order valence-corrected chi connectivity index (χ0v) is 12.6. The Morgan fingerprint density at radius 1 is 1.45 bits per heavy atom. The molecule has 0 spiro atoms. The van der Waals surface area contributed by atoms with Gasteiger partial charge in [-0.15, -0.1) is 0 Å². The van der Waals surface area contributed by atoms with E-state index in [1.165, 1.54) is 0 Å². The summed E-state index contributed by atoms with van der Waals surface area (Å²) in [5.74, 6) is -0.253. The molecule has 0 aliphatic carbocycles. The number of anilines is 1. The highest BCUT2D eigenvalue weighted by Crippen LogP contribution is 2.23. The molecule has 0 aromatic heterocycles. The first-order chi connectivity index (χ1) is 9.61. The minimum Gasteiger partial charge on any atom is -0.462 e. The van der Waals surface area contributed by atoms with Gasteiger partial charge in [-0.1, -0.05) is 12.1 Å². The average molecular weight is 276 g/mol. The zero-order valence-electron chi connectivity index (χ0n) is 12.6. The van der Waals surface area contributed by atoms with E-state index in [1.807, 2.05) is 31.2 Å². The van der Waals surface area contributed by atoms with Gasteiger partial charge < -0.3 is 15.0 Å². The van der Waals surface area contributed by atoms with Gasteiger partial charge in [0.1, 0.15) is 0 Å². The van der Waals surface area contributed by atoms with Crippen molar-refractivity contribution in [2.45, 2.75) is 38.8 Å². The number of para-hydroxylation sites is 1. The number of hydrogen-bond acceptors (Lipinski definition) is 4. The number of likely N-dealkylation sites (tertiary alicyclic amines) is 1. The third kappa shape index (κ3) is 3.51. The smallest absolute Gasteiger partial charge is 0.340 e. The van der Waals surface area contributed by atoms with E-state index >= 15 is 0 Å². The molecule has 0 bridgehead atoms. The minimum atomic E-state index is -0.253. The first-order valence-corrected chi connectivity index (χ1v) is 7.34. The van der Waals surface area contributed by atoms with Crippen molar-refractivity contribution in [1.29, 1.82) is 0 Å². The van der Waals surface area contributed by atoms with E-state index in [0.29, 0.717) is 24.3 Å². The van der Waals surface area contributed by atoms with Gasteiger partial charge >= 0.3 is 5.97 Å². The lowest BCUT2D eigenvalue weighted by Crippen LogP contribution is -2.42. The lowest BCUT2D eigenvalue weighted by Gasteiger charge is -2.36. The van der Waals surface area contributed by atoms with Crippen molar-refractivity contribution in [3.8, 4) is 0 Å². The van der Waals surface area contributed by atoms with Crippen molar-refractivity contribution in [2.24, 2.45) is 0 Å². The number of rotatable bonds is 4. The van der Waals surface area contributed by atoms with Crippen molar-refractivity contribution >= 4 is 11.7 Å². The van der Waals surface area contributed by atoms with E-state index in [-0.39, 0.29) is 5.97 Å². The Kier molecular flexibility index (Phi) is 5.01. The Balaban J connectivity index is 2.07. The predicted molar refractivity (Wildman–Crippen MR) is 81.1 cm³/mol. The normalized spacial score (nSPS) is 23.4. The molecule has 1 aromatic rings. The van der Waals surface area contributed by atoms with Gasteiger partial charge in [0.15, 0.2) is 0 Å². The van der Waals surface area contributed by atoms with Crippen LogP contribution in [0.2, 0.25) is 0 Å². The fourth-order valence-corrected chi connectivity index (χ4v) is 2.64. The van der Waals surface area contributed by atoms with Crippen molar-refractivity contribution in [2.75, 3.05) is 25.5 Å². The second-order valence-corrected chi connectivity index (χ2v) is 5.46.